The van der Waals surface area contributed by atoms with Crippen LogP contribution in [0.5, 0.6) is 0 Å². The number of carbonyl (C=O) groups is 1. The number of hydrogen-bond donors (Lipinski definition) is 2. The second kappa shape index (κ2) is 8.44. The fourth-order valence-corrected chi connectivity index (χ4v) is 4.45. The van der Waals surface area contributed by atoms with Crippen molar-refractivity contribution in [3.8, 4) is 11.3 Å². The van der Waals surface area contributed by atoms with Crippen LogP contribution < -0.4 is 10.0 Å². The number of anilines is 2. The van der Waals surface area contributed by atoms with E-state index in [2.05, 4.69) is 20.0 Å². The van der Waals surface area contributed by atoms with Crippen molar-refractivity contribution < 1.29 is 13.2 Å². The molecule has 0 radical (unpaired) electrons. The van der Waals surface area contributed by atoms with Gasteiger partial charge in [-0.3, -0.25) is 9.52 Å². The number of aromatic nitrogens is 2. The van der Waals surface area contributed by atoms with Gasteiger partial charge in [0.1, 0.15) is 10.7 Å². The summed E-state index contributed by atoms with van der Waals surface area (Å²) in [6, 6.07) is 20.3. The lowest BCUT2D eigenvalue weighted by Crippen LogP contribution is -2.14. The van der Waals surface area contributed by atoms with Gasteiger partial charge < -0.3 is 5.32 Å². The average molecular weight is 437 g/mol. The summed E-state index contributed by atoms with van der Waals surface area (Å²) in [6.45, 7) is 0. The van der Waals surface area contributed by atoms with Crippen LogP contribution in [-0.2, 0) is 10.0 Å². The molecule has 0 aliphatic heterocycles. The Labute approximate surface area is 177 Å². The quantitative estimate of drug-likeness (QED) is 0.470. The number of hydrogen-bond acceptors (Lipinski definition) is 6. The molecule has 2 aromatic carbocycles. The molecule has 30 heavy (non-hydrogen) atoms. The molecule has 2 aromatic heterocycles. The smallest absolute Gasteiger partial charge is 0.268 e. The van der Waals surface area contributed by atoms with Crippen LogP contribution in [0.3, 0.4) is 0 Å². The van der Waals surface area contributed by atoms with Gasteiger partial charge in [0, 0.05) is 17.4 Å². The minimum Gasteiger partial charge on any atom is -0.321 e. The van der Waals surface area contributed by atoms with E-state index in [0.717, 1.165) is 5.56 Å². The second-order valence-electron chi connectivity index (χ2n) is 6.20. The molecular weight excluding hydrogens is 420 g/mol. The molecule has 0 bridgehead atoms. The molecule has 0 aliphatic carbocycles. The maximum absolute atomic E-state index is 12.7. The number of amides is 1. The van der Waals surface area contributed by atoms with Crippen LogP contribution in [0.15, 0.2) is 89.4 Å². The van der Waals surface area contributed by atoms with Crippen LogP contribution in [-0.4, -0.2) is 24.3 Å². The Balaban J connectivity index is 1.49. The molecule has 1 amide bonds. The van der Waals surface area contributed by atoms with E-state index in [0.29, 0.717) is 16.3 Å². The zero-order valence-electron chi connectivity index (χ0n) is 15.5. The maximum atomic E-state index is 12.7. The third-order valence-electron chi connectivity index (χ3n) is 4.15. The third-order valence-corrected chi connectivity index (χ3v) is 6.34. The van der Waals surface area contributed by atoms with E-state index < -0.39 is 10.0 Å². The van der Waals surface area contributed by atoms with Crippen molar-refractivity contribution in [1.82, 2.24) is 9.97 Å². The van der Waals surface area contributed by atoms with E-state index >= 15 is 0 Å². The molecule has 0 saturated heterocycles. The number of pyridine rings is 1. The number of benzene rings is 2. The number of rotatable bonds is 6. The number of sulfonamides is 1. The summed E-state index contributed by atoms with van der Waals surface area (Å²) in [5.41, 5.74) is 3.56. The minimum absolute atomic E-state index is 0.0638. The predicted molar refractivity (Wildman–Crippen MR) is 117 cm³/mol. The first-order chi connectivity index (χ1) is 14.5. The zero-order chi connectivity index (χ0) is 21.0. The lowest BCUT2D eigenvalue weighted by Gasteiger charge is -2.09. The largest absolute Gasteiger partial charge is 0.321 e. The highest BCUT2D eigenvalue weighted by molar-refractivity contribution is 7.92. The maximum Gasteiger partial charge on any atom is 0.268 e. The van der Waals surface area contributed by atoms with Crippen molar-refractivity contribution in [2.45, 2.75) is 4.90 Å². The van der Waals surface area contributed by atoms with E-state index in [-0.39, 0.29) is 16.6 Å². The Morgan fingerprint density at radius 3 is 2.30 bits per heavy atom. The van der Waals surface area contributed by atoms with Gasteiger partial charge in [0.25, 0.3) is 15.9 Å². The number of nitrogens with one attached hydrogen (secondary N) is 2. The van der Waals surface area contributed by atoms with E-state index in [9.17, 15) is 13.2 Å². The van der Waals surface area contributed by atoms with E-state index in [1.165, 1.54) is 41.8 Å². The lowest BCUT2D eigenvalue weighted by atomic mass is 10.1. The first-order valence-corrected chi connectivity index (χ1v) is 11.2. The van der Waals surface area contributed by atoms with Crippen molar-refractivity contribution in [3.05, 3.63) is 89.4 Å². The predicted octanol–water partition coefficient (Wildman–Crippen LogP) is 4.26. The summed E-state index contributed by atoms with van der Waals surface area (Å²) in [7, 11) is -3.78. The van der Waals surface area contributed by atoms with E-state index in [1.54, 1.807) is 23.7 Å². The zero-order valence-corrected chi connectivity index (χ0v) is 17.2. The first-order valence-electron chi connectivity index (χ1n) is 8.87. The van der Waals surface area contributed by atoms with Gasteiger partial charge in [-0.15, -0.1) is 11.3 Å². The highest BCUT2D eigenvalue weighted by atomic mass is 32.2. The van der Waals surface area contributed by atoms with Crippen molar-refractivity contribution in [3.63, 3.8) is 0 Å². The molecule has 150 valence electrons. The molecule has 0 atom stereocenters. The topological polar surface area (TPSA) is 101 Å². The summed E-state index contributed by atoms with van der Waals surface area (Å²) in [5.74, 6) is -0.0768. The summed E-state index contributed by atoms with van der Waals surface area (Å²) in [5, 5.41) is 2.79. The number of thiazole rings is 1. The van der Waals surface area contributed by atoms with Crippen molar-refractivity contribution in [1.29, 1.82) is 0 Å². The van der Waals surface area contributed by atoms with Gasteiger partial charge in [0.05, 0.1) is 16.1 Å². The Bertz CT molecular complexity index is 1260. The third kappa shape index (κ3) is 4.37. The summed E-state index contributed by atoms with van der Waals surface area (Å²) < 4.78 is 27.4. The van der Waals surface area contributed by atoms with E-state index in [4.69, 9.17) is 0 Å². The molecule has 2 heterocycles. The van der Waals surface area contributed by atoms with Gasteiger partial charge in [-0.1, -0.05) is 36.4 Å². The molecule has 4 aromatic rings. The first kappa shape index (κ1) is 19.7. The fraction of sp³-hybridized carbons (Fsp3) is 0. The molecule has 0 saturated carbocycles. The SMILES string of the molecule is O=C(Nc1ccc(S(=O)(=O)Nc2ccccn2)cc1)c1scnc1-c1ccccc1. The molecule has 0 aliphatic rings. The highest BCUT2D eigenvalue weighted by Gasteiger charge is 2.18. The molecule has 4 rings (SSSR count). The normalized spacial score (nSPS) is 11.1. The summed E-state index contributed by atoms with van der Waals surface area (Å²) >= 11 is 1.24. The lowest BCUT2D eigenvalue weighted by molar-refractivity contribution is 0.103. The number of carbonyl (C=O) groups excluding carboxylic acids is 1. The minimum atomic E-state index is -3.78. The molecule has 2 N–H and O–H groups in total. The molecular formula is C21H16N4O3S2. The van der Waals surface area contributed by atoms with Crippen LogP contribution in [0.25, 0.3) is 11.3 Å². The second-order valence-corrected chi connectivity index (χ2v) is 8.73. The monoisotopic (exact) mass is 436 g/mol. The van der Waals surface area contributed by atoms with Gasteiger partial charge in [0.2, 0.25) is 0 Å². The molecule has 0 spiro atoms. The van der Waals surface area contributed by atoms with Gasteiger partial charge in [-0.25, -0.2) is 18.4 Å². The van der Waals surface area contributed by atoms with E-state index in [1.807, 2.05) is 30.3 Å². The Morgan fingerprint density at radius 1 is 0.867 bits per heavy atom. The van der Waals surface area contributed by atoms with Gasteiger partial charge in [0.15, 0.2) is 0 Å². The average Bonchev–Trinajstić information content (AvgIpc) is 3.25. The van der Waals surface area contributed by atoms with Gasteiger partial charge in [-0.2, -0.15) is 0 Å². The van der Waals surface area contributed by atoms with Gasteiger partial charge >= 0.3 is 0 Å². The molecule has 0 unspecified atom stereocenters. The summed E-state index contributed by atoms with van der Waals surface area (Å²) in [6.07, 6.45) is 1.50. The number of nitrogens with zero attached hydrogens (tertiary/aromatic N) is 2. The standard InChI is InChI=1S/C21H16N4O3S2/c26-21(20-19(23-14-29-20)15-6-2-1-3-7-15)24-16-9-11-17(12-10-16)30(27,28)25-18-8-4-5-13-22-18/h1-14H,(H,22,25)(H,24,26). The highest BCUT2D eigenvalue weighted by Crippen LogP contribution is 2.26. The van der Waals surface area contributed by atoms with Crippen LogP contribution >= 0.6 is 11.3 Å². The fourth-order valence-electron chi connectivity index (χ4n) is 2.73. The van der Waals surface area contributed by atoms with Crippen molar-refractivity contribution >= 4 is 38.8 Å². The van der Waals surface area contributed by atoms with Crippen molar-refractivity contribution in [2.24, 2.45) is 0 Å². The molecule has 7 nitrogen and oxygen atoms in total. The Kier molecular flexibility index (Phi) is 5.55. The van der Waals surface area contributed by atoms with Crippen LogP contribution in [0, 0.1) is 0 Å². The molecule has 9 heteroatoms. The van der Waals surface area contributed by atoms with Crippen LogP contribution in [0.4, 0.5) is 11.5 Å². The molecule has 0 fully saturated rings. The van der Waals surface area contributed by atoms with Gasteiger partial charge in [-0.05, 0) is 36.4 Å². The van der Waals surface area contributed by atoms with Crippen LogP contribution in [0.1, 0.15) is 9.67 Å². The van der Waals surface area contributed by atoms with Crippen molar-refractivity contribution in [2.75, 3.05) is 10.0 Å². The Morgan fingerprint density at radius 2 is 1.60 bits per heavy atom. The van der Waals surface area contributed by atoms with Crippen LogP contribution in [0.2, 0.25) is 0 Å². The summed E-state index contributed by atoms with van der Waals surface area (Å²) in [4.78, 5) is 21.5. The Hall–Kier alpha value is -3.56.